The van der Waals surface area contributed by atoms with Crippen molar-refractivity contribution in [3.05, 3.63) is 0 Å². The Kier molecular flexibility index (Phi) is 4.79. The first-order valence-corrected chi connectivity index (χ1v) is 4.77. The van der Waals surface area contributed by atoms with Gasteiger partial charge in [-0.1, -0.05) is 13.3 Å². The molecule has 0 amide bonds. The van der Waals surface area contributed by atoms with Crippen LogP contribution in [0.3, 0.4) is 0 Å². The Hall–Kier alpha value is -0.750. The van der Waals surface area contributed by atoms with Gasteiger partial charge in [0.05, 0.1) is 6.07 Å². The molecule has 2 atom stereocenters. The largest absolute Gasteiger partial charge is 0.480 e. The van der Waals surface area contributed by atoms with E-state index in [1.807, 2.05) is 13.0 Å². The van der Waals surface area contributed by atoms with E-state index in [1.54, 1.807) is 0 Å². The molecule has 0 radical (unpaired) electrons. The first-order valence-electron chi connectivity index (χ1n) is 4.23. The summed E-state index contributed by atoms with van der Waals surface area (Å²) in [7, 11) is 0. The van der Waals surface area contributed by atoms with Crippen LogP contribution in [-0.2, 0) is 4.79 Å². The van der Waals surface area contributed by atoms with E-state index in [0.717, 1.165) is 0 Å². The molecule has 0 aromatic rings. The maximum absolute atomic E-state index is 10.9. The van der Waals surface area contributed by atoms with Crippen LogP contribution < -0.4 is 0 Å². The lowest BCUT2D eigenvalue weighted by Crippen LogP contribution is -2.34. The van der Waals surface area contributed by atoms with Gasteiger partial charge in [0.25, 0.3) is 0 Å². The highest BCUT2D eigenvalue weighted by Gasteiger charge is 2.40. The number of alkyl halides is 1. The van der Waals surface area contributed by atoms with Crippen molar-refractivity contribution in [2.24, 2.45) is 11.3 Å². The predicted molar refractivity (Wildman–Crippen MR) is 50.5 cm³/mol. The van der Waals surface area contributed by atoms with Crippen LogP contribution in [0.25, 0.3) is 0 Å². The molecule has 0 aromatic heterocycles. The van der Waals surface area contributed by atoms with E-state index < -0.39 is 11.4 Å². The monoisotopic (exact) mass is 203 g/mol. The van der Waals surface area contributed by atoms with Crippen LogP contribution in [0.15, 0.2) is 0 Å². The summed E-state index contributed by atoms with van der Waals surface area (Å²) in [6.45, 7) is 3.33. The van der Waals surface area contributed by atoms with Crippen LogP contribution in [0.5, 0.6) is 0 Å². The third-order valence-corrected chi connectivity index (χ3v) is 2.66. The molecule has 1 N–H and O–H groups in total. The zero-order valence-corrected chi connectivity index (χ0v) is 8.64. The lowest BCUT2D eigenvalue weighted by Gasteiger charge is -2.25. The Morgan fingerprint density at radius 3 is 2.54 bits per heavy atom. The molecule has 2 unspecified atom stereocenters. The number of nitriles is 1. The molecule has 0 rings (SSSR count). The van der Waals surface area contributed by atoms with Crippen molar-refractivity contribution in [1.29, 1.82) is 5.26 Å². The quantitative estimate of drug-likeness (QED) is 0.698. The Morgan fingerprint density at radius 1 is 1.77 bits per heavy atom. The van der Waals surface area contributed by atoms with Gasteiger partial charge in [0.2, 0.25) is 0 Å². The Morgan fingerprint density at radius 2 is 2.31 bits per heavy atom. The zero-order valence-electron chi connectivity index (χ0n) is 7.88. The molecule has 0 aliphatic carbocycles. The average molecular weight is 204 g/mol. The van der Waals surface area contributed by atoms with Gasteiger partial charge >= 0.3 is 5.97 Å². The first kappa shape index (κ1) is 12.2. The maximum atomic E-state index is 10.9. The Labute approximate surface area is 83.3 Å². The first-order chi connectivity index (χ1) is 6.02. The Bertz CT molecular complexity index is 224. The van der Waals surface area contributed by atoms with E-state index in [2.05, 4.69) is 0 Å². The molecule has 74 valence electrons. The van der Waals surface area contributed by atoms with Gasteiger partial charge in [0.15, 0.2) is 5.41 Å². The number of carboxylic acid groups (broad SMARTS) is 1. The molecule has 0 aliphatic rings. The van der Waals surface area contributed by atoms with Gasteiger partial charge in [-0.3, -0.25) is 4.79 Å². The number of carbonyl (C=O) groups is 1. The van der Waals surface area contributed by atoms with Crippen LogP contribution in [0.2, 0.25) is 0 Å². The standard InChI is InChI=1S/C9H14ClNO2/c1-3-7(4-5-10)9(2,6-11)8(12)13/h7H,3-5H2,1-2H3,(H,12,13). The minimum absolute atomic E-state index is 0.174. The maximum Gasteiger partial charge on any atom is 0.324 e. The van der Waals surface area contributed by atoms with Crippen molar-refractivity contribution >= 4 is 17.6 Å². The molecule has 13 heavy (non-hydrogen) atoms. The van der Waals surface area contributed by atoms with E-state index in [-0.39, 0.29) is 5.92 Å². The van der Waals surface area contributed by atoms with Gasteiger partial charge in [0.1, 0.15) is 0 Å². The summed E-state index contributed by atoms with van der Waals surface area (Å²) in [5, 5.41) is 17.7. The molecule has 0 saturated heterocycles. The van der Waals surface area contributed by atoms with Crippen LogP contribution in [0, 0.1) is 22.7 Å². The number of rotatable bonds is 5. The SMILES string of the molecule is CCC(CCCl)C(C)(C#N)C(=O)O. The normalized spacial score (nSPS) is 17.1. The van der Waals surface area contributed by atoms with E-state index in [0.29, 0.717) is 18.7 Å². The summed E-state index contributed by atoms with van der Waals surface area (Å²) in [5.74, 6) is -0.845. The summed E-state index contributed by atoms with van der Waals surface area (Å²) >= 11 is 5.54. The van der Waals surface area contributed by atoms with Gasteiger partial charge in [-0.15, -0.1) is 11.6 Å². The lowest BCUT2D eigenvalue weighted by atomic mass is 9.75. The fourth-order valence-corrected chi connectivity index (χ4v) is 1.61. The second kappa shape index (κ2) is 5.08. The average Bonchev–Trinajstić information content (AvgIpc) is 2.12. The second-order valence-corrected chi connectivity index (χ2v) is 3.58. The minimum Gasteiger partial charge on any atom is -0.480 e. The summed E-state index contributed by atoms with van der Waals surface area (Å²) in [4.78, 5) is 10.9. The van der Waals surface area contributed by atoms with Gasteiger partial charge in [-0.05, 0) is 19.3 Å². The molecule has 0 fully saturated rings. The molecule has 0 heterocycles. The number of nitrogens with zero attached hydrogens (tertiary/aromatic N) is 1. The molecule has 0 bridgehead atoms. The highest BCUT2D eigenvalue weighted by molar-refractivity contribution is 6.17. The van der Waals surface area contributed by atoms with Crippen LogP contribution in [0.4, 0.5) is 0 Å². The van der Waals surface area contributed by atoms with Crippen molar-refractivity contribution < 1.29 is 9.90 Å². The molecule has 0 saturated carbocycles. The summed E-state index contributed by atoms with van der Waals surface area (Å²) in [6.07, 6.45) is 1.22. The second-order valence-electron chi connectivity index (χ2n) is 3.20. The number of halogens is 1. The zero-order chi connectivity index (χ0) is 10.5. The van der Waals surface area contributed by atoms with Crippen LogP contribution in [-0.4, -0.2) is 17.0 Å². The van der Waals surface area contributed by atoms with E-state index in [4.69, 9.17) is 22.0 Å². The molecular formula is C9H14ClNO2. The summed E-state index contributed by atoms with van der Waals surface area (Å²) < 4.78 is 0. The van der Waals surface area contributed by atoms with Crippen molar-refractivity contribution in [2.75, 3.05) is 5.88 Å². The van der Waals surface area contributed by atoms with Crippen LogP contribution >= 0.6 is 11.6 Å². The molecule has 0 aliphatic heterocycles. The molecule has 4 heteroatoms. The molecule has 0 spiro atoms. The van der Waals surface area contributed by atoms with E-state index >= 15 is 0 Å². The van der Waals surface area contributed by atoms with Gasteiger partial charge in [0, 0.05) is 5.88 Å². The van der Waals surface area contributed by atoms with Gasteiger partial charge in [-0.2, -0.15) is 5.26 Å². The highest BCUT2D eigenvalue weighted by atomic mass is 35.5. The van der Waals surface area contributed by atoms with Crippen molar-refractivity contribution in [2.45, 2.75) is 26.7 Å². The van der Waals surface area contributed by atoms with Crippen LogP contribution in [0.1, 0.15) is 26.7 Å². The fourth-order valence-electron chi connectivity index (χ4n) is 1.35. The lowest BCUT2D eigenvalue weighted by molar-refractivity contribution is -0.147. The van der Waals surface area contributed by atoms with Crippen molar-refractivity contribution in [1.82, 2.24) is 0 Å². The molecule has 3 nitrogen and oxygen atoms in total. The minimum atomic E-state index is -1.30. The third-order valence-electron chi connectivity index (χ3n) is 2.44. The number of carboxylic acids is 1. The summed E-state index contributed by atoms with van der Waals surface area (Å²) in [5.41, 5.74) is -1.30. The summed E-state index contributed by atoms with van der Waals surface area (Å²) in [6, 6.07) is 1.86. The third kappa shape index (κ3) is 2.60. The number of hydrogen-bond donors (Lipinski definition) is 1. The van der Waals surface area contributed by atoms with Crippen molar-refractivity contribution in [3.8, 4) is 6.07 Å². The topological polar surface area (TPSA) is 61.1 Å². The highest BCUT2D eigenvalue weighted by Crippen LogP contribution is 2.32. The van der Waals surface area contributed by atoms with Crippen molar-refractivity contribution in [3.63, 3.8) is 0 Å². The Balaban J connectivity index is 4.72. The molecule has 0 aromatic carbocycles. The van der Waals surface area contributed by atoms with Gasteiger partial charge < -0.3 is 5.11 Å². The predicted octanol–water partition coefficient (Wildman–Crippen LogP) is 2.26. The number of aliphatic carboxylic acids is 1. The van der Waals surface area contributed by atoms with E-state index in [1.165, 1.54) is 6.92 Å². The number of hydrogen-bond acceptors (Lipinski definition) is 2. The van der Waals surface area contributed by atoms with E-state index in [9.17, 15) is 4.79 Å². The fraction of sp³-hybridized carbons (Fsp3) is 0.778. The smallest absolute Gasteiger partial charge is 0.324 e. The molecular weight excluding hydrogens is 190 g/mol. The van der Waals surface area contributed by atoms with Gasteiger partial charge in [-0.25, -0.2) is 0 Å².